The zero-order valence-electron chi connectivity index (χ0n) is 8.49. The van der Waals surface area contributed by atoms with Gasteiger partial charge in [0.05, 0.1) is 12.2 Å². The molecule has 0 spiro atoms. The van der Waals surface area contributed by atoms with Crippen molar-refractivity contribution in [2.45, 2.75) is 19.5 Å². The number of alkyl halides is 3. The number of hydrogen-bond acceptors (Lipinski definition) is 3. The van der Waals surface area contributed by atoms with Gasteiger partial charge in [0.25, 0.3) is 0 Å². The van der Waals surface area contributed by atoms with Crippen LogP contribution in [0.25, 0.3) is 0 Å². The molecule has 0 aliphatic rings. The van der Waals surface area contributed by atoms with Crippen LogP contribution in [0.5, 0.6) is 0 Å². The molecule has 1 N–H and O–H groups in total. The van der Waals surface area contributed by atoms with Gasteiger partial charge in [-0.3, -0.25) is 4.79 Å². The zero-order valence-corrected chi connectivity index (χ0v) is 9.31. The molecule has 0 fully saturated rings. The Labute approximate surface area is 90.9 Å². The molecule has 0 heterocycles. The summed E-state index contributed by atoms with van der Waals surface area (Å²) in [7, 11) is -4.17. The third-order valence-corrected chi connectivity index (χ3v) is 3.57. The first kappa shape index (κ1) is 15.2. The number of carboxylic acids is 1. The minimum Gasteiger partial charge on any atom is -0.481 e. The van der Waals surface area contributed by atoms with E-state index in [1.54, 1.807) is 0 Å². The molecule has 0 radical (unpaired) electrons. The van der Waals surface area contributed by atoms with Gasteiger partial charge in [0.2, 0.25) is 10.0 Å². The molecular formula is C7H12F3NO4S. The number of hydrogen-bond donors (Lipinski definition) is 1. The highest BCUT2D eigenvalue weighted by Crippen LogP contribution is 2.18. The Balaban J connectivity index is 4.62. The van der Waals surface area contributed by atoms with Gasteiger partial charge in [-0.15, -0.1) is 0 Å². The summed E-state index contributed by atoms with van der Waals surface area (Å²) >= 11 is 0. The number of carboxylic acid groups (broad SMARTS) is 1. The van der Waals surface area contributed by atoms with Gasteiger partial charge in [-0.05, 0) is 0 Å². The summed E-state index contributed by atoms with van der Waals surface area (Å²) < 4.78 is 58.8. The van der Waals surface area contributed by atoms with Crippen molar-refractivity contribution in [2.24, 2.45) is 0 Å². The lowest BCUT2D eigenvalue weighted by atomic mass is 10.5. The average molecular weight is 263 g/mol. The summed E-state index contributed by atoms with van der Waals surface area (Å²) in [6, 6.07) is 0. The topological polar surface area (TPSA) is 74.7 Å². The van der Waals surface area contributed by atoms with Crippen molar-refractivity contribution in [1.82, 2.24) is 4.31 Å². The highest BCUT2D eigenvalue weighted by molar-refractivity contribution is 7.89. The summed E-state index contributed by atoms with van der Waals surface area (Å²) in [4.78, 5) is 10.1. The summed E-state index contributed by atoms with van der Waals surface area (Å²) in [5, 5.41) is 8.26. The SMILES string of the molecule is CCN(CC(F)(F)F)S(=O)(=O)CCC(=O)O. The van der Waals surface area contributed by atoms with Gasteiger partial charge in [0.15, 0.2) is 0 Å². The fourth-order valence-electron chi connectivity index (χ4n) is 0.952. The Bertz CT molecular complexity index is 338. The Morgan fingerprint density at radius 3 is 2.19 bits per heavy atom. The molecule has 0 saturated carbocycles. The number of halogens is 3. The third kappa shape index (κ3) is 5.91. The van der Waals surface area contributed by atoms with Crippen LogP contribution in [-0.2, 0) is 14.8 Å². The van der Waals surface area contributed by atoms with Crippen LogP contribution in [0.1, 0.15) is 13.3 Å². The molecule has 0 saturated heterocycles. The van der Waals surface area contributed by atoms with E-state index in [1.807, 2.05) is 0 Å². The van der Waals surface area contributed by atoms with E-state index in [0.29, 0.717) is 0 Å². The number of rotatable bonds is 6. The van der Waals surface area contributed by atoms with Crippen molar-refractivity contribution in [3.05, 3.63) is 0 Å². The quantitative estimate of drug-likeness (QED) is 0.764. The predicted octanol–water partition coefficient (Wildman–Crippen LogP) is 0.675. The number of carbonyl (C=O) groups is 1. The van der Waals surface area contributed by atoms with Crippen LogP contribution in [0.3, 0.4) is 0 Å². The van der Waals surface area contributed by atoms with Crippen molar-refractivity contribution in [3.8, 4) is 0 Å². The first-order valence-corrected chi connectivity index (χ1v) is 5.96. The van der Waals surface area contributed by atoms with Crippen molar-refractivity contribution < 1.29 is 31.5 Å². The second-order valence-electron chi connectivity index (χ2n) is 3.00. The molecule has 9 heteroatoms. The van der Waals surface area contributed by atoms with E-state index in [4.69, 9.17) is 5.11 Å². The second-order valence-corrected chi connectivity index (χ2v) is 5.09. The Hall–Kier alpha value is -0.830. The van der Waals surface area contributed by atoms with E-state index in [1.165, 1.54) is 6.92 Å². The maximum atomic E-state index is 12.0. The molecule has 0 aliphatic heterocycles. The minimum atomic E-state index is -4.63. The lowest BCUT2D eigenvalue weighted by molar-refractivity contribution is -0.136. The van der Waals surface area contributed by atoms with Crippen molar-refractivity contribution in [2.75, 3.05) is 18.8 Å². The van der Waals surface area contributed by atoms with Gasteiger partial charge in [0, 0.05) is 6.54 Å². The van der Waals surface area contributed by atoms with Crippen molar-refractivity contribution >= 4 is 16.0 Å². The summed E-state index contributed by atoms with van der Waals surface area (Å²) in [6.07, 6.45) is -5.34. The van der Waals surface area contributed by atoms with Gasteiger partial charge in [-0.1, -0.05) is 6.92 Å². The summed E-state index contributed by atoms with van der Waals surface area (Å²) in [5.74, 6) is -2.20. The molecule has 0 bridgehead atoms. The third-order valence-electron chi connectivity index (χ3n) is 1.68. The smallest absolute Gasteiger partial charge is 0.402 e. The number of nitrogens with zero attached hydrogens (tertiary/aromatic N) is 1. The molecule has 96 valence electrons. The highest BCUT2D eigenvalue weighted by Gasteiger charge is 2.35. The number of aliphatic carboxylic acids is 1. The average Bonchev–Trinajstić information content (AvgIpc) is 2.09. The first-order chi connectivity index (χ1) is 7.08. The lowest BCUT2D eigenvalue weighted by Gasteiger charge is -2.21. The molecule has 0 amide bonds. The van der Waals surface area contributed by atoms with E-state index >= 15 is 0 Å². The monoisotopic (exact) mass is 263 g/mol. The Morgan fingerprint density at radius 1 is 1.38 bits per heavy atom. The van der Waals surface area contributed by atoms with Crippen molar-refractivity contribution in [3.63, 3.8) is 0 Å². The normalized spacial score (nSPS) is 13.1. The fourth-order valence-corrected chi connectivity index (χ4v) is 2.38. The fraction of sp³-hybridized carbons (Fsp3) is 0.857. The largest absolute Gasteiger partial charge is 0.481 e. The van der Waals surface area contributed by atoms with Crippen LogP contribution < -0.4 is 0 Å². The van der Waals surface area contributed by atoms with Crippen LogP contribution in [-0.4, -0.2) is 48.8 Å². The molecular weight excluding hydrogens is 251 g/mol. The second kappa shape index (κ2) is 5.48. The van der Waals surface area contributed by atoms with Crippen LogP contribution in [0.15, 0.2) is 0 Å². The summed E-state index contributed by atoms with van der Waals surface area (Å²) in [6.45, 7) is -0.684. The number of sulfonamides is 1. The minimum absolute atomic E-state index is 0.218. The predicted molar refractivity (Wildman–Crippen MR) is 49.3 cm³/mol. The van der Waals surface area contributed by atoms with E-state index in [0.717, 1.165) is 0 Å². The molecule has 0 unspecified atom stereocenters. The van der Waals surface area contributed by atoms with E-state index in [-0.39, 0.29) is 10.8 Å². The van der Waals surface area contributed by atoms with Crippen LogP contribution in [0.2, 0.25) is 0 Å². The Kier molecular flexibility index (Phi) is 5.20. The lowest BCUT2D eigenvalue weighted by Crippen LogP contribution is -2.40. The molecule has 0 aromatic heterocycles. The maximum Gasteiger partial charge on any atom is 0.402 e. The van der Waals surface area contributed by atoms with Crippen molar-refractivity contribution in [1.29, 1.82) is 0 Å². The molecule has 5 nitrogen and oxygen atoms in total. The van der Waals surface area contributed by atoms with E-state index in [2.05, 4.69) is 0 Å². The van der Waals surface area contributed by atoms with Gasteiger partial charge < -0.3 is 5.11 Å². The van der Waals surface area contributed by atoms with Crippen LogP contribution >= 0.6 is 0 Å². The van der Waals surface area contributed by atoms with Gasteiger partial charge in [-0.2, -0.15) is 17.5 Å². The van der Waals surface area contributed by atoms with Gasteiger partial charge in [0.1, 0.15) is 6.54 Å². The zero-order chi connectivity index (χ0) is 13.0. The highest BCUT2D eigenvalue weighted by atomic mass is 32.2. The molecule has 0 aliphatic carbocycles. The standard InChI is InChI=1S/C7H12F3NO4S/c1-2-11(5-7(8,9)10)16(14,15)4-3-6(12)13/h2-5H2,1H3,(H,12,13). The van der Waals surface area contributed by atoms with Crippen LogP contribution in [0, 0.1) is 0 Å². The van der Waals surface area contributed by atoms with Gasteiger partial charge >= 0.3 is 12.1 Å². The van der Waals surface area contributed by atoms with E-state index in [9.17, 15) is 26.4 Å². The first-order valence-electron chi connectivity index (χ1n) is 4.35. The van der Waals surface area contributed by atoms with E-state index < -0.39 is 40.9 Å². The molecule has 0 aromatic carbocycles. The van der Waals surface area contributed by atoms with Crippen LogP contribution in [0.4, 0.5) is 13.2 Å². The van der Waals surface area contributed by atoms with Gasteiger partial charge in [-0.25, -0.2) is 8.42 Å². The molecule has 0 atom stereocenters. The molecule has 0 aromatic rings. The maximum absolute atomic E-state index is 12.0. The Morgan fingerprint density at radius 2 is 1.88 bits per heavy atom. The molecule has 0 rings (SSSR count). The molecule has 16 heavy (non-hydrogen) atoms. The summed E-state index contributed by atoms with van der Waals surface area (Å²) in [5.41, 5.74) is 0.